The SMILES string of the molecule is Cc1ccc(NC(=O)[C@@H](N)CCS(C)(=O)=O)nc1. The van der Waals surface area contributed by atoms with Crippen LogP contribution in [0.15, 0.2) is 18.3 Å². The number of aryl methyl sites for hydroxylation is 1. The molecule has 1 heterocycles. The Kier molecular flexibility index (Phi) is 4.80. The molecule has 0 unspecified atom stereocenters. The Morgan fingerprint density at radius 3 is 2.67 bits per heavy atom. The smallest absolute Gasteiger partial charge is 0.242 e. The quantitative estimate of drug-likeness (QED) is 0.790. The number of hydrogen-bond acceptors (Lipinski definition) is 5. The minimum Gasteiger partial charge on any atom is -0.320 e. The third kappa shape index (κ3) is 5.24. The van der Waals surface area contributed by atoms with Crippen molar-refractivity contribution in [2.45, 2.75) is 19.4 Å². The van der Waals surface area contributed by atoms with Gasteiger partial charge in [0.2, 0.25) is 5.91 Å². The Balaban J connectivity index is 2.52. The van der Waals surface area contributed by atoms with E-state index in [1.807, 2.05) is 13.0 Å². The third-order valence-corrected chi connectivity index (χ3v) is 3.28. The van der Waals surface area contributed by atoms with Gasteiger partial charge in [-0.1, -0.05) is 6.07 Å². The highest BCUT2D eigenvalue weighted by molar-refractivity contribution is 7.90. The first-order chi connectivity index (χ1) is 8.28. The average molecular weight is 271 g/mol. The molecular formula is C11H17N3O3S. The van der Waals surface area contributed by atoms with Gasteiger partial charge in [-0.05, 0) is 25.0 Å². The second-order valence-corrected chi connectivity index (χ2v) is 6.49. The molecule has 0 spiro atoms. The lowest BCUT2D eigenvalue weighted by molar-refractivity contribution is -0.117. The number of rotatable bonds is 5. The zero-order valence-electron chi connectivity index (χ0n) is 10.4. The molecule has 0 aliphatic rings. The van der Waals surface area contributed by atoms with Crippen molar-refractivity contribution < 1.29 is 13.2 Å². The number of aromatic nitrogens is 1. The standard InChI is InChI=1S/C11H17N3O3S/c1-8-3-4-10(13-7-8)14-11(15)9(12)5-6-18(2,16)17/h3-4,7,9H,5-6,12H2,1-2H3,(H,13,14,15)/t9-/m0/s1. The number of pyridine rings is 1. The van der Waals surface area contributed by atoms with Crippen LogP contribution in [0.4, 0.5) is 5.82 Å². The number of nitrogens with two attached hydrogens (primary N) is 1. The second kappa shape index (κ2) is 5.92. The largest absolute Gasteiger partial charge is 0.320 e. The number of carbonyl (C=O) groups is 1. The van der Waals surface area contributed by atoms with Crippen molar-refractivity contribution in [1.29, 1.82) is 0 Å². The molecule has 3 N–H and O–H groups in total. The summed E-state index contributed by atoms with van der Waals surface area (Å²) in [6, 6.07) is 2.61. The zero-order chi connectivity index (χ0) is 13.8. The fourth-order valence-electron chi connectivity index (χ4n) is 1.23. The van der Waals surface area contributed by atoms with Gasteiger partial charge in [0.05, 0.1) is 11.8 Å². The maximum atomic E-state index is 11.6. The fraction of sp³-hybridized carbons (Fsp3) is 0.455. The van der Waals surface area contributed by atoms with Gasteiger partial charge in [0, 0.05) is 12.5 Å². The zero-order valence-corrected chi connectivity index (χ0v) is 11.2. The third-order valence-electron chi connectivity index (χ3n) is 2.30. The summed E-state index contributed by atoms with van der Waals surface area (Å²) in [6.07, 6.45) is 2.83. The van der Waals surface area contributed by atoms with Gasteiger partial charge in [-0.15, -0.1) is 0 Å². The molecule has 1 aromatic heterocycles. The van der Waals surface area contributed by atoms with Crippen LogP contribution in [0.3, 0.4) is 0 Å². The van der Waals surface area contributed by atoms with E-state index >= 15 is 0 Å². The highest BCUT2D eigenvalue weighted by Crippen LogP contribution is 2.05. The molecule has 7 heteroatoms. The Morgan fingerprint density at radius 1 is 1.50 bits per heavy atom. The maximum Gasteiger partial charge on any atom is 0.242 e. The van der Waals surface area contributed by atoms with Crippen molar-refractivity contribution in [3.05, 3.63) is 23.9 Å². The summed E-state index contributed by atoms with van der Waals surface area (Å²) in [5, 5.41) is 2.54. The van der Waals surface area contributed by atoms with Crippen molar-refractivity contribution in [2.75, 3.05) is 17.3 Å². The van der Waals surface area contributed by atoms with E-state index in [2.05, 4.69) is 10.3 Å². The van der Waals surface area contributed by atoms with Crippen molar-refractivity contribution in [3.8, 4) is 0 Å². The van der Waals surface area contributed by atoms with E-state index in [4.69, 9.17) is 5.73 Å². The van der Waals surface area contributed by atoms with Gasteiger partial charge in [0.1, 0.15) is 15.7 Å². The molecule has 0 aliphatic carbocycles. The van der Waals surface area contributed by atoms with Crippen LogP contribution in [-0.2, 0) is 14.6 Å². The molecular weight excluding hydrogens is 254 g/mol. The number of nitrogens with one attached hydrogen (secondary N) is 1. The highest BCUT2D eigenvalue weighted by atomic mass is 32.2. The van der Waals surface area contributed by atoms with Crippen molar-refractivity contribution >= 4 is 21.6 Å². The van der Waals surface area contributed by atoms with E-state index in [-0.39, 0.29) is 12.2 Å². The molecule has 1 rings (SSSR count). The Labute approximate surface area is 107 Å². The molecule has 0 bridgehead atoms. The summed E-state index contributed by atoms with van der Waals surface area (Å²) in [7, 11) is -3.11. The first-order valence-corrected chi connectivity index (χ1v) is 7.51. The van der Waals surface area contributed by atoms with Gasteiger partial charge < -0.3 is 11.1 Å². The molecule has 0 saturated carbocycles. The van der Waals surface area contributed by atoms with Crippen LogP contribution in [0.5, 0.6) is 0 Å². The van der Waals surface area contributed by atoms with Crippen LogP contribution in [-0.4, -0.2) is 37.4 Å². The predicted octanol–water partition coefficient (Wildman–Crippen LogP) is 0.0905. The molecule has 6 nitrogen and oxygen atoms in total. The van der Waals surface area contributed by atoms with Gasteiger partial charge in [-0.25, -0.2) is 13.4 Å². The fourth-order valence-corrected chi connectivity index (χ4v) is 1.91. The van der Waals surface area contributed by atoms with Crippen molar-refractivity contribution in [3.63, 3.8) is 0 Å². The van der Waals surface area contributed by atoms with Gasteiger partial charge in [-0.3, -0.25) is 4.79 Å². The Hall–Kier alpha value is -1.47. The summed E-state index contributed by atoms with van der Waals surface area (Å²) < 4.78 is 21.9. The predicted molar refractivity (Wildman–Crippen MR) is 69.9 cm³/mol. The van der Waals surface area contributed by atoms with Crippen molar-refractivity contribution in [1.82, 2.24) is 4.98 Å². The molecule has 0 saturated heterocycles. The molecule has 0 aliphatic heterocycles. The second-order valence-electron chi connectivity index (χ2n) is 4.24. The minimum atomic E-state index is -3.11. The summed E-state index contributed by atoms with van der Waals surface area (Å²) in [4.78, 5) is 15.6. The van der Waals surface area contributed by atoms with E-state index in [1.165, 1.54) is 0 Å². The van der Waals surface area contributed by atoms with Gasteiger partial charge >= 0.3 is 0 Å². The van der Waals surface area contributed by atoms with Gasteiger partial charge in [-0.2, -0.15) is 0 Å². The maximum absolute atomic E-state index is 11.6. The van der Waals surface area contributed by atoms with Crippen molar-refractivity contribution in [2.24, 2.45) is 5.73 Å². The minimum absolute atomic E-state index is 0.0938. The number of carbonyl (C=O) groups excluding carboxylic acids is 1. The first-order valence-electron chi connectivity index (χ1n) is 5.45. The topological polar surface area (TPSA) is 102 Å². The monoisotopic (exact) mass is 271 g/mol. The van der Waals surface area contributed by atoms with E-state index in [0.717, 1.165) is 11.8 Å². The van der Waals surface area contributed by atoms with Crippen LogP contribution in [0.25, 0.3) is 0 Å². The highest BCUT2D eigenvalue weighted by Gasteiger charge is 2.16. The van der Waals surface area contributed by atoms with Crippen LogP contribution in [0.1, 0.15) is 12.0 Å². The molecule has 0 aromatic carbocycles. The molecule has 100 valence electrons. The van der Waals surface area contributed by atoms with Gasteiger partial charge in [0.15, 0.2) is 0 Å². The summed E-state index contributed by atoms with van der Waals surface area (Å²) >= 11 is 0. The Morgan fingerprint density at radius 2 is 2.17 bits per heavy atom. The lowest BCUT2D eigenvalue weighted by atomic mass is 10.2. The van der Waals surface area contributed by atoms with E-state index in [9.17, 15) is 13.2 Å². The van der Waals surface area contributed by atoms with Crippen LogP contribution in [0.2, 0.25) is 0 Å². The van der Waals surface area contributed by atoms with E-state index in [0.29, 0.717) is 5.82 Å². The first kappa shape index (κ1) is 14.6. The normalized spacial score (nSPS) is 13.1. The molecule has 18 heavy (non-hydrogen) atoms. The molecule has 1 amide bonds. The van der Waals surface area contributed by atoms with E-state index in [1.54, 1.807) is 12.3 Å². The lowest BCUT2D eigenvalue weighted by Gasteiger charge is -2.11. The number of amides is 1. The lowest BCUT2D eigenvalue weighted by Crippen LogP contribution is -2.37. The number of nitrogens with zero attached hydrogens (tertiary/aromatic N) is 1. The molecule has 0 radical (unpaired) electrons. The van der Waals surface area contributed by atoms with Crippen LogP contribution >= 0.6 is 0 Å². The number of hydrogen-bond donors (Lipinski definition) is 2. The Bertz CT molecular complexity index is 511. The summed E-state index contributed by atoms with van der Waals surface area (Å²) in [5.41, 5.74) is 6.58. The number of sulfone groups is 1. The average Bonchev–Trinajstić information content (AvgIpc) is 2.28. The molecule has 0 fully saturated rings. The number of anilines is 1. The van der Waals surface area contributed by atoms with Crippen LogP contribution in [0, 0.1) is 6.92 Å². The summed E-state index contributed by atoms with van der Waals surface area (Å²) in [5.74, 6) is -0.140. The van der Waals surface area contributed by atoms with Gasteiger partial charge in [0.25, 0.3) is 0 Å². The van der Waals surface area contributed by atoms with E-state index < -0.39 is 21.8 Å². The van der Waals surface area contributed by atoms with Crippen LogP contribution < -0.4 is 11.1 Å². The molecule has 1 aromatic rings. The molecule has 1 atom stereocenters. The summed E-state index contributed by atoms with van der Waals surface area (Å²) in [6.45, 7) is 1.89.